The Bertz CT molecular complexity index is 921. The van der Waals surface area contributed by atoms with E-state index in [2.05, 4.69) is 11.4 Å². The topological polar surface area (TPSA) is 98.5 Å². The van der Waals surface area contributed by atoms with E-state index in [0.29, 0.717) is 17.3 Å². The molecule has 1 aliphatic carbocycles. The molecule has 9 heteroatoms. The Labute approximate surface area is 170 Å². The zero-order valence-electron chi connectivity index (χ0n) is 14.8. The molecule has 0 unspecified atom stereocenters. The zero-order chi connectivity index (χ0) is 20.1. The highest BCUT2D eigenvalue weighted by Crippen LogP contribution is 2.34. The third-order valence-corrected chi connectivity index (χ3v) is 5.32. The lowest BCUT2D eigenvalue weighted by Crippen LogP contribution is -2.18. The normalized spacial score (nSPS) is 15.2. The van der Waals surface area contributed by atoms with Gasteiger partial charge in [-0.1, -0.05) is 29.4 Å². The van der Waals surface area contributed by atoms with Gasteiger partial charge in [-0.2, -0.15) is 0 Å². The summed E-state index contributed by atoms with van der Waals surface area (Å²) in [6.07, 6.45) is 4.63. The first-order chi connectivity index (χ1) is 13.4. The van der Waals surface area contributed by atoms with E-state index in [4.69, 9.17) is 16.3 Å². The van der Waals surface area contributed by atoms with Gasteiger partial charge in [0, 0.05) is 12.1 Å². The van der Waals surface area contributed by atoms with Crippen LogP contribution in [0.4, 0.5) is 10.5 Å². The van der Waals surface area contributed by atoms with Gasteiger partial charge in [-0.3, -0.25) is 25.0 Å². The summed E-state index contributed by atoms with van der Waals surface area (Å²) < 4.78 is 5.76. The smallest absolute Gasteiger partial charge is 0.286 e. The van der Waals surface area contributed by atoms with Crippen LogP contribution in [0.15, 0.2) is 36.4 Å². The summed E-state index contributed by atoms with van der Waals surface area (Å²) in [6, 6.07) is 10.3. The second-order valence-electron chi connectivity index (χ2n) is 6.24. The molecule has 146 valence electrons. The Balaban J connectivity index is 0.000000271. The molecule has 1 heterocycles. The Morgan fingerprint density at radius 2 is 1.82 bits per heavy atom. The monoisotopic (exact) mass is 420 g/mol. The van der Waals surface area contributed by atoms with Crippen molar-refractivity contribution in [3.05, 3.63) is 62.7 Å². The number of fused-ring (bicyclic) bond motifs is 1. The van der Waals surface area contributed by atoms with Crippen molar-refractivity contribution in [2.45, 2.75) is 25.7 Å². The minimum atomic E-state index is -0.478. The van der Waals surface area contributed by atoms with Crippen LogP contribution in [-0.4, -0.2) is 21.8 Å². The molecule has 1 saturated heterocycles. The maximum absolute atomic E-state index is 10.7. The Hall–Kier alpha value is -2.58. The molecular formula is C19H17ClN2O5S. The third-order valence-electron chi connectivity index (χ3n) is 4.25. The van der Waals surface area contributed by atoms with Crippen molar-refractivity contribution < 1.29 is 19.2 Å². The number of hydrogen-bond acceptors (Lipinski definition) is 6. The summed E-state index contributed by atoms with van der Waals surface area (Å²) in [7, 11) is 0. The highest BCUT2D eigenvalue weighted by atomic mass is 35.5. The number of nitro groups is 1. The standard InChI is InChI=1S/C16H14ClNO3.C3H3NO2S/c17-15-10-13(18(19)20)6-8-16(15)21-14-7-5-11-3-1-2-4-12(11)9-14;5-2-1-7-3(6)4-2/h5-10H,1-4H2;1H2,(H,4,5,6). The maximum Gasteiger partial charge on any atom is 0.286 e. The number of ether oxygens (including phenoxy) is 1. The van der Waals surface area contributed by atoms with Gasteiger partial charge in [0.25, 0.3) is 10.9 Å². The summed E-state index contributed by atoms with van der Waals surface area (Å²) in [5, 5.41) is 12.8. The molecule has 28 heavy (non-hydrogen) atoms. The van der Waals surface area contributed by atoms with Crippen molar-refractivity contribution in [3.63, 3.8) is 0 Å². The van der Waals surface area contributed by atoms with Crippen LogP contribution in [0.3, 0.4) is 0 Å². The minimum Gasteiger partial charge on any atom is -0.456 e. The lowest BCUT2D eigenvalue weighted by molar-refractivity contribution is -0.384. The van der Waals surface area contributed by atoms with Crippen LogP contribution >= 0.6 is 23.4 Å². The molecule has 0 atom stereocenters. The molecule has 1 aliphatic heterocycles. The number of benzene rings is 2. The first-order valence-electron chi connectivity index (χ1n) is 8.62. The highest BCUT2D eigenvalue weighted by molar-refractivity contribution is 8.14. The number of hydrogen-bond donors (Lipinski definition) is 1. The van der Waals surface area contributed by atoms with Gasteiger partial charge in [0.2, 0.25) is 5.91 Å². The number of nitrogens with zero attached hydrogens (tertiary/aromatic N) is 1. The number of nitro benzene ring substituents is 1. The fraction of sp³-hybridized carbons (Fsp3) is 0.263. The van der Waals surface area contributed by atoms with E-state index in [0.717, 1.165) is 24.6 Å². The van der Waals surface area contributed by atoms with Gasteiger partial charge in [-0.05, 0) is 55.0 Å². The van der Waals surface area contributed by atoms with E-state index in [1.807, 2.05) is 12.1 Å². The van der Waals surface area contributed by atoms with Crippen LogP contribution in [0.25, 0.3) is 0 Å². The van der Waals surface area contributed by atoms with Crippen molar-refractivity contribution in [2.24, 2.45) is 0 Å². The summed E-state index contributed by atoms with van der Waals surface area (Å²) in [5.74, 6) is 1.25. The molecule has 2 aromatic rings. The van der Waals surface area contributed by atoms with E-state index < -0.39 is 4.92 Å². The second kappa shape index (κ2) is 9.07. The average Bonchev–Trinajstić information content (AvgIpc) is 3.06. The minimum absolute atomic E-state index is 0.0437. The Kier molecular flexibility index (Phi) is 6.53. The number of carbonyl (C=O) groups is 2. The number of carbonyl (C=O) groups excluding carboxylic acids is 2. The van der Waals surface area contributed by atoms with Crippen LogP contribution in [-0.2, 0) is 17.6 Å². The first-order valence-corrected chi connectivity index (χ1v) is 9.99. The van der Waals surface area contributed by atoms with Crippen molar-refractivity contribution in [3.8, 4) is 11.5 Å². The summed E-state index contributed by atoms with van der Waals surface area (Å²) >= 11 is 7.04. The molecule has 4 rings (SSSR count). The summed E-state index contributed by atoms with van der Waals surface area (Å²) in [4.78, 5) is 30.4. The van der Waals surface area contributed by atoms with Crippen molar-refractivity contribution in [2.75, 3.05) is 5.75 Å². The second-order valence-corrected chi connectivity index (χ2v) is 7.59. The Morgan fingerprint density at radius 3 is 2.39 bits per heavy atom. The van der Waals surface area contributed by atoms with Crippen molar-refractivity contribution >= 4 is 40.2 Å². The molecule has 0 spiro atoms. The van der Waals surface area contributed by atoms with Crippen LogP contribution in [0.5, 0.6) is 11.5 Å². The fourth-order valence-corrected chi connectivity index (χ4v) is 3.64. The number of non-ortho nitro benzene ring substituents is 1. The molecule has 0 aromatic heterocycles. The molecular weight excluding hydrogens is 404 g/mol. The summed E-state index contributed by atoms with van der Waals surface area (Å²) in [5.41, 5.74) is 2.65. The maximum atomic E-state index is 10.7. The molecule has 2 aromatic carbocycles. The SMILES string of the molecule is O=C1CSC(=O)N1.O=[N+]([O-])c1ccc(Oc2ccc3c(c2)CCCC3)c(Cl)c1. The number of thioether (sulfide) groups is 1. The zero-order valence-corrected chi connectivity index (χ0v) is 16.3. The Morgan fingerprint density at radius 1 is 1.07 bits per heavy atom. The largest absolute Gasteiger partial charge is 0.456 e. The predicted molar refractivity (Wildman–Crippen MR) is 107 cm³/mol. The van der Waals surface area contributed by atoms with E-state index in [9.17, 15) is 19.7 Å². The molecule has 2 aliphatic rings. The van der Waals surface area contributed by atoms with Crippen LogP contribution in [0, 0.1) is 10.1 Å². The number of rotatable bonds is 3. The number of halogens is 1. The van der Waals surface area contributed by atoms with Gasteiger partial charge in [0.05, 0.1) is 15.7 Å². The fourth-order valence-electron chi connectivity index (χ4n) is 2.90. The number of aryl methyl sites for hydroxylation is 2. The van der Waals surface area contributed by atoms with Gasteiger partial charge in [-0.15, -0.1) is 0 Å². The number of amides is 2. The quantitative estimate of drug-likeness (QED) is 0.560. The van der Waals surface area contributed by atoms with Crippen molar-refractivity contribution in [1.29, 1.82) is 0 Å². The van der Waals surface area contributed by atoms with Gasteiger partial charge in [0.1, 0.15) is 11.5 Å². The molecule has 2 amide bonds. The molecule has 1 fully saturated rings. The molecule has 0 bridgehead atoms. The molecule has 0 saturated carbocycles. The predicted octanol–water partition coefficient (Wildman–Crippen LogP) is 4.89. The van der Waals surface area contributed by atoms with Gasteiger partial charge >= 0.3 is 0 Å². The van der Waals surface area contributed by atoms with E-state index in [-0.39, 0.29) is 21.9 Å². The highest BCUT2D eigenvalue weighted by Gasteiger charge is 2.17. The third kappa shape index (κ3) is 5.24. The van der Waals surface area contributed by atoms with E-state index in [1.165, 1.54) is 42.2 Å². The molecule has 7 nitrogen and oxygen atoms in total. The molecule has 0 radical (unpaired) electrons. The van der Waals surface area contributed by atoms with Crippen LogP contribution in [0.1, 0.15) is 24.0 Å². The van der Waals surface area contributed by atoms with Crippen LogP contribution in [0.2, 0.25) is 5.02 Å². The van der Waals surface area contributed by atoms with Crippen molar-refractivity contribution in [1.82, 2.24) is 5.32 Å². The lowest BCUT2D eigenvalue weighted by atomic mass is 9.92. The number of imide groups is 1. The molecule has 1 N–H and O–H groups in total. The lowest BCUT2D eigenvalue weighted by Gasteiger charge is -2.17. The number of nitrogens with one attached hydrogen (secondary N) is 1. The van der Waals surface area contributed by atoms with Crippen LogP contribution < -0.4 is 10.1 Å². The van der Waals surface area contributed by atoms with Gasteiger partial charge in [0.15, 0.2) is 0 Å². The average molecular weight is 421 g/mol. The van der Waals surface area contributed by atoms with Gasteiger partial charge < -0.3 is 4.74 Å². The first kappa shape index (κ1) is 20.2. The van der Waals surface area contributed by atoms with E-state index >= 15 is 0 Å². The van der Waals surface area contributed by atoms with E-state index in [1.54, 1.807) is 0 Å². The van der Waals surface area contributed by atoms with Gasteiger partial charge in [-0.25, -0.2) is 0 Å². The summed E-state index contributed by atoms with van der Waals surface area (Å²) in [6.45, 7) is 0.